The molecule has 0 saturated carbocycles. The fourth-order valence-electron chi connectivity index (χ4n) is 1.81. The van der Waals surface area contributed by atoms with E-state index in [9.17, 15) is 9.90 Å². The summed E-state index contributed by atoms with van der Waals surface area (Å²) in [6.07, 6.45) is 0. The molecule has 0 atom stereocenters. The molecule has 114 valence electrons. The van der Waals surface area contributed by atoms with Crippen molar-refractivity contribution in [3.63, 3.8) is 0 Å². The maximum Gasteiger partial charge on any atom is 0.347 e. The summed E-state index contributed by atoms with van der Waals surface area (Å²) < 4.78 is 5.36. The summed E-state index contributed by atoms with van der Waals surface area (Å²) in [6, 6.07) is 0. The van der Waals surface area contributed by atoms with E-state index in [0.29, 0.717) is 23.8 Å². The van der Waals surface area contributed by atoms with Gasteiger partial charge in [-0.05, 0) is 13.8 Å². The van der Waals surface area contributed by atoms with E-state index in [1.165, 1.54) is 11.3 Å². The highest BCUT2D eigenvalue weighted by molar-refractivity contribution is 7.17. The highest BCUT2D eigenvalue weighted by Gasteiger charge is 2.28. The maximum atomic E-state index is 11.4. The summed E-state index contributed by atoms with van der Waals surface area (Å²) in [5.74, 6) is -0.903. The Balaban J connectivity index is 3.03. The quantitative estimate of drug-likeness (QED) is 0.784. The molecule has 6 heteroatoms. The van der Waals surface area contributed by atoms with Crippen LogP contribution in [0, 0.1) is 0 Å². The van der Waals surface area contributed by atoms with Crippen LogP contribution in [0.2, 0.25) is 0 Å². The first-order chi connectivity index (χ1) is 9.31. The van der Waals surface area contributed by atoms with Crippen LogP contribution in [-0.4, -0.2) is 42.4 Å². The lowest BCUT2D eigenvalue weighted by molar-refractivity contribution is 0.0699. The van der Waals surface area contributed by atoms with E-state index in [4.69, 9.17) is 4.74 Å². The van der Waals surface area contributed by atoms with E-state index < -0.39 is 5.97 Å². The minimum atomic E-state index is -0.903. The second-order valence-electron chi connectivity index (χ2n) is 5.51. The molecule has 5 nitrogen and oxygen atoms in total. The van der Waals surface area contributed by atoms with Gasteiger partial charge in [-0.2, -0.15) is 0 Å². The molecule has 1 aromatic rings. The summed E-state index contributed by atoms with van der Waals surface area (Å²) in [5, 5.41) is 10.1. The predicted octanol–water partition coefficient (Wildman–Crippen LogP) is 3.00. The van der Waals surface area contributed by atoms with E-state index in [1.807, 2.05) is 34.6 Å². The van der Waals surface area contributed by atoms with Crippen LogP contribution in [0.5, 0.6) is 0 Å². The second-order valence-corrected chi connectivity index (χ2v) is 6.48. The molecule has 20 heavy (non-hydrogen) atoms. The standard InChI is InChI=1S/C14H24N2O3S/c1-6-16(8-9-19-7-2)13-15-11(14(3,4)5)10(20-13)12(17)18/h6-9H2,1-5H3,(H,17,18). The zero-order valence-electron chi connectivity index (χ0n) is 12.9. The Morgan fingerprint density at radius 2 is 2.05 bits per heavy atom. The lowest BCUT2D eigenvalue weighted by Gasteiger charge is -2.20. The molecule has 0 unspecified atom stereocenters. The fourth-order valence-corrected chi connectivity index (χ4v) is 3.01. The monoisotopic (exact) mass is 300 g/mol. The van der Waals surface area contributed by atoms with Crippen molar-refractivity contribution in [1.29, 1.82) is 0 Å². The van der Waals surface area contributed by atoms with Crippen LogP contribution in [0.15, 0.2) is 0 Å². The van der Waals surface area contributed by atoms with Crippen molar-refractivity contribution in [2.45, 2.75) is 40.0 Å². The van der Waals surface area contributed by atoms with Gasteiger partial charge < -0.3 is 14.7 Å². The number of carboxylic acid groups (broad SMARTS) is 1. The van der Waals surface area contributed by atoms with Gasteiger partial charge in [-0.25, -0.2) is 9.78 Å². The van der Waals surface area contributed by atoms with Crippen molar-refractivity contribution in [3.8, 4) is 0 Å². The minimum absolute atomic E-state index is 0.276. The molecule has 1 N–H and O–H groups in total. The number of nitrogens with zero attached hydrogens (tertiary/aromatic N) is 2. The number of rotatable bonds is 7. The molecule has 0 radical (unpaired) electrons. The van der Waals surface area contributed by atoms with Gasteiger partial charge in [0.2, 0.25) is 0 Å². The van der Waals surface area contributed by atoms with E-state index in [-0.39, 0.29) is 5.41 Å². The Kier molecular flexibility index (Phi) is 5.95. The van der Waals surface area contributed by atoms with Crippen LogP contribution in [0.1, 0.15) is 50.0 Å². The number of aromatic nitrogens is 1. The van der Waals surface area contributed by atoms with Gasteiger partial charge >= 0.3 is 5.97 Å². The fraction of sp³-hybridized carbons (Fsp3) is 0.714. The molecular formula is C14H24N2O3S. The van der Waals surface area contributed by atoms with Gasteiger partial charge in [-0.15, -0.1) is 0 Å². The molecule has 1 aromatic heterocycles. The van der Waals surface area contributed by atoms with Crippen molar-refractivity contribution in [1.82, 2.24) is 4.98 Å². The number of likely N-dealkylation sites (N-methyl/N-ethyl adjacent to an activating group) is 1. The molecule has 0 fully saturated rings. The number of ether oxygens (including phenoxy) is 1. The van der Waals surface area contributed by atoms with Gasteiger partial charge in [-0.3, -0.25) is 0 Å². The smallest absolute Gasteiger partial charge is 0.347 e. The number of hydrogen-bond donors (Lipinski definition) is 1. The largest absolute Gasteiger partial charge is 0.477 e. The highest BCUT2D eigenvalue weighted by Crippen LogP contribution is 2.33. The highest BCUT2D eigenvalue weighted by atomic mass is 32.1. The minimum Gasteiger partial charge on any atom is -0.477 e. The maximum absolute atomic E-state index is 11.4. The zero-order valence-corrected chi connectivity index (χ0v) is 13.7. The topological polar surface area (TPSA) is 62.7 Å². The third-order valence-corrected chi connectivity index (χ3v) is 3.99. The first-order valence-corrected chi connectivity index (χ1v) is 7.70. The molecule has 0 amide bonds. The normalized spacial score (nSPS) is 11.7. The molecule has 1 rings (SSSR count). The molecule has 0 spiro atoms. The van der Waals surface area contributed by atoms with Crippen LogP contribution in [0.25, 0.3) is 0 Å². The Bertz CT molecular complexity index is 452. The third-order valence-electron chi connectivity index (χ3n) is 2.88. The summed E-state index contributed by atoms with van der Waals surface area (Å²) in [4.78, 5) is 18.3. The second kappa shape index (κ2) is 7.04. The number of hydrogen-bond acceptors (Lipinski definition) is 5. The third kappa shape index (κ3) is 4.18. The van der Waals surface area contributed by atoms with E-state index in [0.717, 1.165) is 18.2 Å². The summed E-state index contributed by atoms with van der Waals surface area (Å²) in [7, 11) is 0. The van der Waals surface area contributed by atoms with Crippen LogP contribution >= 0.6 is 11.3 Å². The van der Waals surface area contributed by atoms with Gasteiger partial charge in [0.25, 0.3) is 0 Å². The zero-order chi connectivity index (χ0) is 15.3. The van der Waals surface area contributed by atoms with Crippen molar-refractivity contribution < 1.29 is 14.6 Å². The average Bonchev–Trinajstić information content (AvgIpc) is 2.79. The lowest BCUT2D eigenvalue weighted by Crippen LogP contribution is -2.27. The number of aromatic carboxylic acids is 1. The Labute approximate surface area is 124 Å². The van der Waals surface area contributed by atoms with Crippen LogP contribution < -0.4 is 4.90 Å². The Morgan fingerprint density at radius 3 is 2.45 bits per heavy atom. The molecular weight excluding hydrogens is 276 g/mol. The number of thiazole rings is 1. The molecule has 0 saturated heterocycles. The van der Waals surface area contributed by atoms with E-state index >= 15 is 0 Å². The number of anilines is 1. The molecule has 0 aliphatic heterocycles. The van der Waals surface area contributed by atoms with E-state index in [1.54, 1.807) is 0 Å². The van der Waals surface area contributed by atoms with Gasteiger partial charge in [0.15, 0.2) is 5.13 Å². The summed E-state index contributed by atoms with van der Waals surface area (Å²) >= 11 is 1.24. The predicted molar refractivity (Wildman–Crippen MR) is 82.2 cm³/mol. The molecule has 0 bridgehead atoms. The first-order valence-electron chi connectivity index (χ1n) is 6.88. The van der Waals surface area contributed by atoms with Crippen molar-refractivity contribution in [3.05, 3.63) is 10.6 Å². The molecule has 0 aliphatic rings. The first kappa shape index (κ1) is 16.9. The number of carboxylic acids is 1. The molecule has 0 aromatic carbocycles. The van der Waals surface area contributed by atoms with Gasteiger partial charge in [0.1, 0.15) is 4.88 Å². The van der Waals surface area contributed by atoms with Crippen LogP contribution in [0.4, 0.5) is 5.13 Å². The SMILES string of the molecule is CCOCCN(CC)c1nc(C(C)(C)C)c(C(=O)O)s1. The van der Waals surface area contributed by atoms with Gasteiger partial charge in [-0.1, -0.05) is 32.1 Å². The Hall–Kier alpha value is -1.14. The summed E-state index contributed by atoms with van der Waals surface area (Å²) in [6.45, 7) is 12.7. The average molecular weight is 300 g/mol. The van der Waals surface area contributed by atoms with Crippen LogP contribution in [0.3, 0.4) is 0 Å². The Morgan fingerprint density at radius 1 is 1.40 bits per heavy atom. The van der Waals surface area contributed by atoms with Crippen molar-refractivity contribution >= 4 is 22.4 Å². The summed E-state index contributed by atoms with van der Waals surface area (Å²) in [5.41, 5.74) is 0.377. The van der Waals surface area contributed by atoms with Crippen LogP contribution in [-0.2, 0) is 10.2 Å². The van der Waals surface area contributed by atoms with E-state index in [2.05, 4.69) is 9.88 Å². The lowest BCUT2D eigenvalue weighted by atomic mass is 9.91. The molecule has 1 heterocycles. The van der Waals surface area contributed by atoms with Crippen molar-refractivity contribution in [2.75, 3.05) is 31.2 Å². The van der Waals surface area contributed by atoms with Crippen molar-refractivity contribution in [2.24, 2.45) is 0 Å². The van der Waals surface area contributed by atoms with Gasteiger partial charge in [0.05, 0.1) is 12.3 Å². The number of carbonyl (C=O) groups is 1. The van der Waals surface area contributed by atoms with Gasteiger partial charge in [0, 0.05) is 25.1 Å². The molecule has 0 aliphatic carbocycles.